The van der Waals surface area contributed by atoms with Crippen LogP contribution in [0, 0.1) is 6.92 Å². The van der Waals surface area contributed by atoms with Gasteiger partial charge in [0.1, 0.15) is 11.9 Å². The molecular formula is C37H34N8O2. The number of likely N-dealkylation sites (tertiary alicyclic amines) is 1. The van der Waals surface area contributed by atoms with Crippen LogP contribution < -0.4 is 5.32 Å². The highest BCUT2D eigenvalue weighted by atomic mass is 16.6. The standard InChI is InChI=1S/C37H34N8O2/c1-24-19-34-38-21-28-20-30(26-7-3-2-4-8-26)35(42-36(28)45(34)43-24)27-13-11-25(12-14-27)23-44-17-15-29(16-18-44)47-37(46)39-22-33-40-31-9-5-6-10-32(31)41-33/h2-14,19-21,29H,15-18,22-23H2,1H3,(H,39,46)(H,40,41). The molecule has 10 nitrogen and oxygen atoms in total. The largest absolute Gasteiger partial charge is 0.446 e. The summed E-state index contributed by atoms with van der Waals surface area (Å²) in [6, 6.07) is 31.0. The fourth-order valence-electron chi connectivity index (χ4n) is 6.36. The van der Waals surface area contributed by atoms with Gasteiger partial charge in [-0.15, -0.1) is 0 Å². The average molecular weight is 623 g/mol. The van der Waals surface area contributed by atoms with Gasteiger partial charge in [0, 0.05) is 48.4 Å². The Kier molecular flexibility index (Phi) is 7.54. The van der Waals surface area contributed by atoms with Gasteiger partial charge in [0.15, 0.2) is 11.3 Å². The van der Waals surface area contributed by atoms with Crippen LogP contribution in [0.2, 0.25) is 0 Å². The Morgan fingerprint density at radius 3 is 2.53 bits per heavy atom. The number of H-pyrrole nitrogens is 1. The summed E-state index contributed by atoms with van der Waals surface area (Å²) in [5.41, 5.74) is 9.65. The quantitative estimate of drug-likeness (QED) is 0.204. The van der Waals surface area contributed by atoms with Crippen molar-refractivity contribution in [2.75, 3.05) is 13.1 Å². The molecule has 0 saturated carbocycles. The number of aromatic amines is 1. The number of nitrogens with one attached hydrogen (secondary N) is 2. The lowest BCUT2D eigenvalue weighted by Gasteiger charge is -2.31. The number of benzene rings is 3. The second-order valence-electron chi connectivity index (χ2n) is 12.1. The third-order valence-electron chi connectivity index (χ3n) is 8.75. The summed E-state index contributed by atoms with van der Waals surface area (Å²) in [6.45, 7) is 4.83. The zero-order valence-electron chi connectivity index (χ0n) is 26.1. The molecule has 10 heteroatoms. The maximum absolute atomic E-state index is 12.5. The molecule has 1 fully saturated rings. The molecule has 3 aromatic carbocycles. The molecular weight excluding hydrogens is 588 g/mol. The number of carbonyl (C=O) groups excluding carboxylic acids is 1. The first kappa shape index (κ1) is 28.8. The van der Waals surface area contributed by atoms with E-state index in [-0.39, 0.29) is 6.10 Å². The topological polar surface area (TPSA) is 113 Å². The van der Waals surface area contributed by atoms with Gasteiger partial charge >= 0.3 is 6.09 Å². The summed E-state index contributed by atoms with van der Waals surface area (Å²) in [4.78, 5) is 32.4. The van der Waals surface area contributed by atoms with E-state index in [0.29, 0.717) is 12.4 Å². The summed E-state index contributed by atoms with van der Waals surface area (Å²) in [5, 5.41) is 8.43. The van der Waals surface area contributed by atoms with Gasteiger partial charge in [-0.2, -0.15) is 9.61 Å². The lowest BCUT2D eigenvalue weighted by molar-refractivity contribution is 0.0484. The van der Waals surface area contributed by atoms with Crippen molar-refractivity contribution in [3.63, 3.8) is 0 Å². The van der Waals surface area contributed by atoms with Crippen molar-refractivity contribution < 1.29 is 9.53 Å². The Hall–Kier alpha value is -5.61. The predicted molar refractivity (Wildman–Crippen MR) is 182 cm³/mol. The van der Waals surface area contributed by atoms with Crippen LogP contribution in [0.4, 0.5) is 4.79 Å². The number of nitrogens with zero attached hydrogens (tertiary/aromatic N) is 6. The SMILES string of the molecule is Cc1cc2ncc3cc(-c4ccccc4)c(-c4ccc(CN5CCC(OC(=O)NCc6nc7ccccc7[nH]6)CC5)cc4)nc3n2n1. The molecule has 234 valence electrons. The summed E-state index contributed by atoms with van der Waals surface area (Å²) in [5.74, 6) is 0.708. The van der Waals surface area contributed by atoms with Gasteiger partial charge < -0.3 is 15.0 Å². The van der Waals surface area contributed by atoms with Crippen molar-refractivity contribution in [3.8, 4) is 22.4 Å². The van der Waals surface area contributed by atoms with Crippen LogP contribution in [-0.4, -0.2) is 59.7 Å². The van der Waals surface area contributed by atoms with Crippen LogP contribution in [0.3, 0.4) is 0 Å². The number of amides is 1. The molecule has 0 unspecified atom stereocenters. The highest BCUT2D eigenvalue weighted by molar-refractivity contribution is 5.90. The van der Waals surface area contributed by atoms with E-state index in [2.05, 4.69) is 72.7 Å². The number of hydrogen-bond donors (Lipinski definition) is 2. The molecule has 1 aliphatic heterocycles. The van der Waals surface area contributed by atoms with E-state index in [1.165, 1.54) is 5.56 Å². The first-order valence-corrected chi connectivity index (χ1v) is 16.0. The van der Waals surface area contributed by atoms with Crippen LogP contribution in [0.15, 0.2) is 97.2 Å². The van der Waals surface area contributed by atoms with E-state index >= 15 is 0 Å². The molecule has 4 aromatic heterocycles. The zero-order chi connectivity index (χ0) is 31.7. The van der Waals surface area contributed by atoms with Gasteiger partial charge in [0.2, 0.25) is 0 Å². The second-order valence-corrected chi connectivity index (χ2v) is 12.1. The number of carbonyl (C=O) groups is 1. The van der Waals surface area contributed by atoms with Gasteiger partial charge in [-0.25, -0.2) is 19.7 Å². The fourth-order valence-corrected chi connectivity index (χ4v) is 6.36. The minimum absolute atomic E-state index is 0.0973. The molecule has 2 N–H and O–H groups in total. The van der Waals surface area contributed by atoms with Crippen LogP contribution in [0.5, 0.6) is 0 Å². The smallest absolute Gasteiger partial charge is 0.407 e. The number of para-hydroxylation sites is 2. The Morgan fingerprint density at radius 2 is 1.72 bits per heavy atom. The maximum Gasteiger partial charge on any atom is 0.407 e. The maximum atomic E-state index is 12.5. The van der Waals surface area contributed by atoms with Crippen LogP contribution in [0.1, 0.15) is 29.9 Å². The highest BCUT2D eigenvalue weighted by Gasteiger charge is 2.23. The number of rotatable bonds is 7. The van der Waals surface area contributed by atoms with Crippen LogP contribution in [-0.2, 0) is 17.8 Å². The molecule has 1 saturated heterocycles. The van der Waals surface area contributed by atoms with E-state index in [0.717, 1.165) is 88.3 Å². The van der Waals surface area contributed by atoms with E-state index < -0.39 is 6.09 Å². The molecule has 0 aliphatic carbocycles. The van der Waals surface area contributed by atoms with E-state index in [1.807, 2.05) is 66.2 Å². The van der Waals surface area contributed by atoms with E-state index in [4.69, 9.17) is 9.72 Å². The van der Waals surface area contributed by atoms with Gasteiger partial charge in [-0.1, -0.05) is 66.7 Å². The lowest BCUT2D eigenvalue weighted by atomic mass is 9.97. The molecule has 1 aliphatic rings. The Bertz CT molecular complexity index is 2170. The fraction of sp³-hybridized carbons (Fsp3) is 0.216. The molecule has 0 spiro atoms. The van der Waals surface area contributed by atoms with Crippen molar-refractivity contribution in [2.45, 2.75) is 39.0 Å². The molecule has 1 amide bonds. The van der Waals surface area contributed by atoms with Crippen molar-refractivity contribution in [3.05, 3.63) is 114 Å². The third kappa shape index (κ3) is 6.03. The number of aryl methyl sites for hydroxylation is 1. The number of pyridine rings is 1. The zero-order valence-corrected chi connectivity index (χ0v) is 26.1. The molecule has 8 rings (SSSR count). The van der Waals surface area contributed by atoms with Crippen molar-refractivity contribution in [1.29, 1.82) is 0 Å². The van der Waals surface area contributed by atoms with Crippen molar-refractivity contribution in [2.24, 2.45) is 0 Å². The Labute approximate surface area is 271 Å². The monoisotopic (exact) mass is 622 g/mol. The van der Waals surface area contributed by atoms with Gasteiger partial charge in [0.05, 0.1) is 29.0 Å². The van der Waals surface area contributed by atoms with Gasteiger partial charge in [-0.05, 0) is 49.1 Å². The predicted octanol–water partition coefficient (Wildman–Crippen LogP) is 6.69. The summed E-state index contributed by atoms with van der Waals surface area (Å²) >= 11 is 0. The van der Waals surface area contributed by atoms with E-state index in [9.17, 15) is 4.79 Å². The Balaban J connectivity index is 0.923. The van der Waals surface area contributed by atoms with Crippen LogP contribution >= 0.6 is 0 Å². The number of imidazole rings is 1. The number of alkyl carbamates (subject to hydrolysis) is 1. The lowest BCUT2D eigenvalue weighted by Crippen LogP contribution is -2.39. The summed E-state index contributed by atoms with van der Waals surface area (Å²) in [6.07, 6.45) is 2.97. The Morgan fingerprint density at radius 1 is 0.936 bits per heavy atom. The third-order valence-corrected chi connectivity index (χ3v) is 8.75. The minimum atomic E-state index is -0.406. The first-order valence-electron chi connectivity index (χ1n) is 16.0. The molecule has 0 radical (unpaired) electrons. The number of fused-ring (bicyclic) bond motifs is 4. The highest BCUT2D eigenvalue weighted by Crippen LogP contribution is 2.34. The van der Waals surface area contributed by atoms with E-state index in [1.54, 1.807) is 0 Å². The van der Waals surface area contributed by atoms with Crippen molar-refractivity contribution >= 4 is 33.8 Å². The molecule has 5 heterocycles. The number of hydrogen-bond acceptors (Lipinski definition) is 7. The van der Waals surface area contributed by atoms with Gasteiger partial charge in [-0.3, -0.25) is 4.90 Å². The van der Waals surface area contributed by atoms with Gasteiger partial charge in [0.25, 0.3) is 0 Å². The number of ether oxygens (including phenoxy) is 1. The van der Waals surface area contributed by atoms with Crippen LogP contribution in [0.25, 0.3) is 50.1 Å². The second kappa shape index (κ2) is 12.3. The number of piperidine rings is 1. The molecule has 7 aromatic rings. The average Bonchev–Trinajstić information content (AvgIpc) is 3.71. The normalized spacial score (nSPS) is 14.2. The van der Waals surface area contributed by atoms with Crippen molar-refractivity contribution in [1.82, 2.24) is 39.8 Å². The first-order chi connectivity index (χ1) is 23.1. The summed E-state index contributed by atoms with van der Waals surface area (Å²) < 4.78 is 7.55. The molecule has 0 bridgehead atoms. The molecule has 0 atom stereocenters. The minimum Gasteiger partial charge on any atom is -0.446 e. The molecule has 47 heavy (non-hydrogen) atoms. The number of aromatic nitrogens is 6. The summed E-state index contributed by atoms with van der Waals surface area (Å²) in [7, 11) is 0.